The molecule has 96 valence electrons. The summed E-state index contributed by atoms with van der Waals surface area (Å²) in [5, 5.41) is 3.85. The first-order chi connectivity index (χ1) is 8.85. The number of nitrogens with one attached hydrogen (secondary N) is 1. The van der Waals surface area contributed by atoms with Gasteiger partial charge in [0.2, 0.25) is 0 Å². The van der Waals surface area contributed by atoms with Crippen LogP contribution < -0.4 is 5.32 Å². The van der Waals surface area contributed by atoms with Gasteiger partial charge in [-0.2, -0.15) is 0 Å². The molecule has 0 aromatic heterocycles. The Morgan fingerprint density at radius 1 is 1.06 bits per heavy atom. The van der Waals surface area contributed by atoms with Crippen molar-refractivity contribution in [1.29, 1.82) is 0 Å². The highest BCUT2D eigenvalue weighted by molar-refractivity contribution is 8.01. The summed E-state index contributed by atoms with van der Waals surface area (Å²) in [5.74, 6) is 2.03. The zero-order valence-corrected chi connectivity index (χ0v) is 11.6. The molecule has 1 aromatic carbocycles. The molecule has 0 unspecified atom stereocenters. The van der Waals surface area contributed by atoms with Crippen LogP contribution in [0.3, 0.4) is 0 Å². The van der Waals surface area contributed by atoms with Gasteiger partial charge in [0.1, 0.15) is 0 Å². The van der Waals surface area contributed by atoms with E-state index in [9.17, 15) is 0 Å². The zero-order chi connectivity index (χ0) is 12.0. The molecule has 0 radical (unpaired) electrons. The van der Waals surface area contributed by atoms with Crippen LogP contribution in [0, 0.1) is 11.8 Å². The van der Waals surface area contributed by atoms with Gasteiger partial charge in [-0.3, -0.25) is 0 Å². The van der Waals surface area contributed by atoms with Crippen LogP contribution in [0.25, 0.3) is 0 Å². The van der Waals surface area contributed by atoms with Crippen LogP contribution in [0.4, 0.5) is 5.69 Å². The molecule has 2 heteroatoms. The standard InChI is InChI=1S/C16H21NS/c1-2-6-13-11-16(10-9-12(13)5-1)17-14-7-3-4-8-15(14)18-16/h3-4,7-8,12-13,17H,1-2,5-6,9-11H2/t12-,13-,16+/m1/s1. The summed E-state index contributed by atoms with van der Waals surface area (Å²) >= 11 is 2.10. The van der Waals surface area contributed by atoms with Gasteiger partial charge in [0.15, 0.2) is 0 Å². The van der Waals surface area contributed by atoms with E-state index in [0.29, 0.717) is 4.87 Å². The fourth-order valence-corrected chi connectivity index (χ4v) is 5.70. The average Bonchev–Trinajstić information content (AvgIpc) is 2.76. The lowest BCUT2D eigenvalue weighted by Gasteiger charge is -2.44. The van der Waals surface area contributed by atoms with Crippen molar-refractivity contribution < 1.29 is 0 Å². The lowest BCUT2D eigenvalue weighted by atomic mass is 9.69. The molecule has 0 amide bonds. The predicted molar refractivity (Wildman–Crippen MR) is 78.0 cm³/mol. The van der Waals surface area contributed by atoms with Crippen LogP contribution in [-0.4, -0.2) is 4.87 Å². The topological polar surface area (TPSA) is 12.0 Å². The number of para-hydroxylation sites is 1. The van der Waals surface area contributed by atoms with Crippen LogP contribution >= 0.6 is 11.8 Å². The van der Waals surface area contributed by atoms with Crippen molar-refractivity contribution in [2.75, 3.05) is 5.32 Å². The largest absolute Gasteiger partial charge is 0.369 e. The van der Waals surface area contributed by atoms with E-state index in [4.69, 9.17) is 0 Å². The molecule has 0 saturated heterocycles. The predicted octanol–water partition coefficient (Wildman–Crippen LogP) is 4.89. The normalized spacial score (nSPS) is 38.0. The molecule has 1 spiro atoms. The van der Waals surface area contributed by atoms with E-state index in [0.717, 1.165) is 11.8 Å². The number of hydrogen-bond acceptors (Lipinski definition) is 2. The Labute approximate surface area is 114 Å². The number of hydrogen-bond donors (Lipinski definition) is 1. The van der Waals surface area contributed by atoms with Crippen LogP contribution in [-0.2, 0) is 0 Å². The fourth-order valence-electron chi connectivity index (χ4n) is 4.22. The minimum Gasteiger partial charge on any atom is -0.369 e. The van der Waals surface area contributed by atoms with E-state index in [2.05, 4.69) is 41.3 Å². The van der Waals surface area contributed by atoms with E-state index < -0.39 is 0 Å². The molecule has 1 N–H and O–H groups in total. The van der Waals surface area contributed by atoms with Crippen LogP contribution in [0.2, 0.25) is 0 Å². The van der Waals surface area contributed by atoms with Gasteiger partial charge in [-0.25, -0.2) is 0 Å². The molecule has 1 nitrogen and oxygen atoms in total. The maximum atomic E-state index is 3.85. The molecule has 2 saturated carbocycles. The smallest absolute Gasteiger partial charge is 0.0883 e. The monoisotopic (exact) mass is 259 g/mol. The van der Waals surface area contributed by atoms with E-state index in [-0.39, 0.29) is 0 Å². The number of anilines is 1. The van der Waals surface area contributed by atoms with E-state index in [1.807, 2.05) is 0 Å². The summed E-state index contributed by atoms with van der Waals surface area (Å²) in [6.45, 7) is 0. The first-order valence-electron chi connectivity index (χ1n) is 7.41. The molecule has 1 heterocycles. The second-order valence-electron chi connectivity index (χ2n) is 6.26. The van der Waals surface area contributed by atoms with Crippen molar-refractivity contribution in [3.8, 4) is 0 Å². The number of thioether (sulfide) groups is 1. The van der Waals surface area contributed by atoms with Crippen molar-refractivity contribution in [3.63, 3.8) is 0 Å². The van der Waals surface area contributed by atoms with Gasteiger partial charge in [-0.1, -0.05) is 49.6 Å². The molecule has 0 bridgehead atoms. The van der Waals surface area contributed by atoms with Crippen LogP contribution in [0.1, 0.15) is 44.9 Å². The summed E-state index contributed by atoms with van der Waals surface area (Å²) in [6.07, 6.45) is 10.1. The maximum Gasteiger partial charge on any atom is 0.0883 e. The van der Waals surface area contributed by atoms with Gasteiger partial charge in [-0.05, 0) is 43.2 Å². The third-order valence-corrected chi connectivity index (χ3v) is 6.57. The SMILES string of the molecule is c1ccc2c(c1)N[C@@]1(CC[C@H]3CCCC[C@@H]3C1)S2. The summed E-state index contributed by atoms with van der Waals surface area (Å²) in [5.41, 5.74) is 1.37. The molecule has 3 aliphatic rings. The third kappa shape index (κ3) is 1.77. The Bertz CT molecular complexity index is 431. The quantitative estimate of drug-likeness (QED) is 0.712. The van der Waals surface area contributed by atoms with Crippen molar-refractivity contribution >= 4 is 17.4 Å². The van der Waals surface area contributed by atoms with Crippen LogP contribution in [0.15, 0.2) is 29.2 Å². The summed E-state index contributed by atoms with van der Waals surface area (Å²) in [6, 6.07) is 8.83. The molecule has 1 aromatic rings. The zero-order valence-electron chi connectivity index (χ0n) is 10.8. The van der Waals surface area contributed by atoms with Crippen molar-refractivity contribution in [2.24, 2.45) is 11.8 Å². The summed E-state index contributed by atoms with van der Waals surface area (Å²) in [4.78, 5) is 1.80. The Kier molecular flexibility index (Phi) is 2.61. The van der Waals surface area contributed by atoms with E-state index >= 15 is 0 Å². The Morgan fingerprint density at radius 2 is 1.89 bits per heavy atom. The molecule has 18 heavy (non-hydrogen) atoms. The number of benzene rings is 1. The second kappa shape index (κ2) is 4.19. The first-order valence-corrected chi connectivity index (χ1v) is 8.23. The third-order valence-electron chi connectivity index (χ3n) is 5.13. The number of fused-ring (bicyclic) bond motifs is 2. The molecular formula is C16H21NS. The van der Waals surface area contributed by atoms with Gasteiger partial charge in [0.05, 0.1) is 4.87 Å². The van der Waals surface area contributed by atoms with Gasteiger partial charge >= 0.3 is 0 Å². The average molecular weight is 259 g/mol. The van der Waals surface area contributed by atoms with Crippen molar-refractivity contribution in [1.82, 2.24) is 0 Å². The van der Waals surface area contributed by atoms with Gasteiger partial charge < -0.3 is 5.32 Å². The molecule has 2 aliphatic carbocycles. The highest BCUT2D eigenvalue weighted by atomic mass is 32.2. The molecule has 1 aliphatic heterocycles. The molecule has 2 fully saturated rings. The van der Waals surface area contributed by atoms with E-state index in [1.165, 1.54) is 55.5 Å². The number of rotatable bonds is 0. The summed E-state index contributed by atoms with van der Waals surface area (Å²) < 4.78 is 0. The van der Waals surface area contributed by atoms with Gasteiger partial charge in [0.25, 0.3) is 0 Å². The van der Waals surface area contributed by atoms with Gasteiger partial charge in [-0.15, -0.1) is 0 Å². The van der Waals surface area contributed by atoms with Crippen LogP contribution in [0.5, 0.6) is 0 Å². The summed E-state index contributed by atoms with van der Waals surface area (Å²) in [7, 11) is 0. The minimum absolute atomic E-state index is 0.336. The second-order valence-corrected chi connectivity index (χ2v) is 7.69. The minimum atomic E-state index is 0.336. The first kappa shape index (κ1) is 11.2. The lowest BCUT2D eigenvalue weighted by molar-refractivity contribution is 0.153. The Balaban J connectivity index is 1.57. The lowest BCUT2D eigenvalue weighted by Crippen LogP contribution is -2.41. The highest BCUT2D eigenvalue weighted by Crippen LogP contribution is 2.56. The molecule has 4 rings (SSSR count). The molecule has 3 atom stereocenters. The Hall–Kier alpha value is -0.630. The maximum absolute atomic E-state index is 3.85. The molecular weight excluding hydrogens is 238 g/mol. The van der Waals surface area contributed by atoms with Gasteiger partial charge in [0, 0.05) is 10.6 Å². The Morgan fingerprint density at radius 3 is 2.78 bits per heavy atom. The fraction of sp³-hybridized carbons (Fsp3) is 0.625. The van der Waals surface area contributed by atoms with E-state index in [1.54, 1.807) is 0 Å². The van der Waals surface area contributed by atoms with Crippen molar-refractivity contribution in [3.05, 3.63) is 24.3 Å². The highest BCUT2D eigenvalue weighted by Gasteiger charge is 2.45. The van der Waals surface area contributed by atoms with Crippen molar-refractivity contribution in [2.45, 2.75) is 54.7 Å².